The molecule has 1 aromatic carbocycles. The first-order valence-corrected chi connectivity index (χ1v) is 9.59. The Bertz CT molecular complexity index is 562. The standard InChI is InChI=1S/C16H26N2O3S/c1-4-12-18(13-5-2)16(19)15-8-6-14(7-9-15)10-11-17-22(3,20)21/h6-9,17H,4-5,10-13H2,1-3H3. The second-order valence-electron chi connectivity index (χ2n) is 5.41. The molecule has 0 bridgehead atoms. The summed E-state index contributed by atoms with van der Waals surface area (Å²) < 4.78 is 24.5. The van der Waals surface area contributed by atoms with E-state index < -0.39 is 10.0 Å². The van der Waals surface area contributed by atoms with Crippen LogP contribution in [-0.2, 0) is 16.4 Å². The zero-order valence-electron chi connectivity index (χ0n) is 13.6. The summed E-state index contributed by atoms with van der Waals surface area (Å²) in [6, 6.07) is 7.40. The lowest BCUT2D eigenvalue weighted by atomic mass is 10.1. The first-order chi connectivity index (χ1) is 10.4. The van der Waals surface area contributed by atoms with Crippen LogP contribution in [0.5, 0.6) is 0 Å². The molecule has 0 aliphatic rings. The Labute approximate surface area is 133 Å². The van der Waals surface area contributed by atoms with Crippen molar-refractivity contribution in [3.05, 3.63) is 35.4 Å². The van der Waals surface area contributed by atoms with Gasteiger partial charge in [-0.3, -0.25) is 4.79 Å². The van der Waals surface area contributed by atoms with Crippen LogP contribution in [0.4, 0.5) is 0 Å². The molecule has 0 atom stereocenters. The third-order valence-corrected chi connectivity index (χ3v) is 3.98. The first kappa shape index (κ1) is 18.6. The minimum absolute atomic E-state index is 0.0597. The second kappa shape index (κ2) is 8.90. The molecule has 6 heteroatoms. The highest BCUT2D eigenvalue weighted by atomic mass is 32.2. The SMILES string of the molecule is CCCN(CCC)C(=O)c1ccc(CCNS(C)(=O)=O)cc1. The van der Waals surface area contributed by atoms with Crippen molar-refractivity contribution in [2.24, 2.45) is 0 Å². The number of benzene rings is 1. The quantitative estimate of drug-likeness (QED) is 0.755. The van der Waals surface area contributed by atoms with Gasteiger partial charge in [-0.05, 0) is 37.0 Å². The molecule has 0 saturated heterocycles. The van der Waals surface area contributed by atoms with Gasteiger partial charge in [-0.1, -0.05) is 26.0 Å². The summed E-state index contributed by atoms with van der Waals surface area (Å²) in [4.78, 5) is 14.3. The molecule has 0 radical (unpaired) electrons. The zero-order valence-corrected chi connectivity index (χ0v) is 14.4. The summed E-state index contributed by atoms with van der Waals surface area (Å²) in [5.74, 6) is 0.0597. The van der Waals surface area contributed by atoms with Gasteiger partial charge in [0.2, 0.25) is 10.0 Å². The van der Waals surface area contributed by atoms with Gasteiger partial charge in [0.25, 0.3) is 5.91 Å². The topological polar surface area (TPSA) is 66.5 Å². The van der Waals surface area contributed by atoms with E-state index >= 15 is 0 Å². The Morgan fingerprint density at radius 2 is 1.64 bits per heavy atom. The Hall–Kier alpha value is -1.40. The number of hydrogen-bond acceptors (Lipinski definition) is 3. The number of hydrogen-bond donors (Lipinski definition) is 1. The number of carbonyl (C=O) groups excluding carboxylic acids is 1. The van der Waals surface area contributed by atoms with Gasteiger partial charge in [0.05, 0.1) is 6.26 Å². The van der Waals surface area contributed by atoms with Crippen LogP contribution >= 0.6 is 0 Å². The van der Waals surface area contributed by atoms with Crippen molar-refractivity contribution in [3.63, 3.8) is 0 Å². The van der Waals surface area contributed by atoms with Crippen molar-refractivity contribution >= 4 is 15.9 Å². The maximum absolute atomic E-state index is 12.4. The van der Waals surface area contributed by atoms with Gasteiger partial charge >= 0.3 is 0 Å². The summed E-state index contributed by atoms with van der Waals surface area (Å²) in [5, 5.41) is 0. The molecular formula is C16H26N2O3S. The maximum Gasteiger partial charge on any atom is 0.253 e. The summed E-state index contributed by atoms with van der Waals surface area (Å²) in [6.07, 6.45) is 3.64. The smallest absolute Gasteiger partial charge is 0.253 e. The summed E-state index contributed by atoms with van der Waals surface area (Å²) in [7, 11) is -3.15. The predicted octanol–water partition coefficient (Wildman–Crippen LogP) is 2.04. The second-order valence-corrected chi connectivity index (χ2v) is 7.24. The van der Waals surface area contributed by atoms with Crippen LogP contribution in [0, 0.1) is 0 Å². The fourth-order valence-corrected chi connectivity index (χ4v) is 2.70. The van der Waals surface area contributed by atoms with Crippen LogP contribution in [0.1, 0.15) is 42.6 Å². The highest BCUT2D eigenvalue weighted by Gasteiger charge is 2.13. The molecule has 22 heavy (non-hydrogen) atoms. The van der Waals surface area contributed by atoms with E-state index in [9.17, 15) is 13.2 Å². The monoisotopic (exact) mass is 326 g/mol. The number of nitrogens with zero attached hydrogens (tertiary/aromatic N) is 1. The number of rotatable bonds is 9. The molecule has 124 valence electrons. The van der Waals surface area contributed by atoms with Gasteiger partial charge in [-0.15, -0.1) is 0 Å². The molecule has 0 aliphatic carbocycles. The highest BCUT2D eigenvalue weighted by molar-refractivity contribution is 7.88. The lowest BCUT2D eigenvalue weighted by Gasteiger charge is -2.21. The molecule has 1 aromatic rings. The Morgan fingerprint density at radius 3 is 2.09 bits per heavy atom. The van der Waals surface area contributed by atoms with Crippen molar-refractivity contribution in [2.75, 3.05) is 25.9 Å². The molecule has 0 saturated carbocycles. The highest BCUT2D eigenvalue weighted by Crippen LogP contribution is 2.09. The molecule has 0 spiro atoms. The average molecular weight is 326 g/mol. The zero-order chi connectivity index (χ0) is 16.6. The van der Waals surface area contributed by atoms with Gasteiger partial charge in [-0.25, -0.2) is 13.1 Å². The van der Waals surface area contributed by atoms with Gasteiger partial charge in [0.1, 0.15) is 0 Å². The van der Waals surface area contributed by atoms with Crippen molar-refractivity contribution < 1.29 is 13.2 Å². The minimum atomic E-state index is -3.15. The largest absolute Gasteiger partial charge is 0.339 e. The Balaban J connectivity index is 2.64. The Kier molecular flexibility index (Phi) is 7.55. The van der Waals surface area contributed by atoms with E-state index in [0.717, 1.165) is 37.8 Å². The van der Waals surface area contributed by atoms with Gasteiger partial charge < -0.3 is 4.90 Å². The van der Waals surface area contributed by atoms with E-state index in [1.54, 1.807) is 0 Å². The summed E-state index contributed by atoms with van der Waals surface area (Å²) >= 11 is 0. The molecular weight excluding hydrogens is 300 g/mol. The fraction of sp³-hybridized carbons (Fsp3) is 0.562. The average Bonchev–Trinajstić information content (AvgIpc) is 2.46. The van der Waals surface area contributed by atoms with Crippen molar-refractivity contribution in [1.82, 2.24) is 9.62 Å². The molecule has 0 aromatic heterocycles. The number of amides is 1. The lowest BCUT2D eigenvalue weighted by molar-refractivity contribution is 0.0755. The van der Waals surface area contributed by atoms with E-state index in [1.165, 1.54) is 0 Å². The summed E-state index contributed by atoms with van der Waals surface area (Å²) in [6.45, 7) is 6.03. The van der Waals surface area contributed by atoms with Crippen LogP contribution in [0.15, 0.2) is 24.3 Å². The minimum Gasteiger partial charge on any atom is -0.339 e. The normalized spacial score (nSPS) is 11.4. The first-order valence-electron chi connectivity index (χ1n) is 7.70. The van der Waals surface area contributed by atoms with E-state index in [2.05, 4.69) is 18.6 Å². The van der Waals surface area contributed by atoms with E-state index in [1.807, 2.05) is 29.2 Å². The van der Waals surface area contributed by atoms with E-state index in [4.69, 9.17) is 0 Å². The number of nitrogens with one attached hydrogen (secondary N) is 1. The lowest BCUT2D eigenvalue weighted by Crippen LogP contribution is -2.32. The number of carbonyl (C=O) groups is 1. The Morgan fingerprint density at radius 1 is 1.09 bits per heavy atom. The van der Waals surface area contributed by atoms with E-state index in [0.29, 0.717) is 18.5 Å². The van der Waals surface area contributed by atoms with Crippen LogP contribution in [0.3, 0.4) is 0 Å². The van der Waals surface area contributed by atoms with Gasteiger partial charge in [0.15, 0.2) is 0 Å². The van der Waals surface area contributed by atoms with Gasteiger partial charge in [0, 0.05) is 25.2 Å². The predicted molar refractivity (Wildman–Crippen MR) is 89.5 cm³/mol. The molecule has 0 fully saturated rings. The van der Waals surface area contributed by atoms with Crippen molar-refractivity contribution in [2.45, 2.75) is 33.1 Å². The molecule has 1 N–H and O–H groups in total. The molecule has 0 aliphatic heterocycles. The van der Waals surface area contributed by atoms with Crippen LogP contribution in [0.2, 0.25) is 0 Å². The molecule has 0 heterocycles. The molecule has 1 rings (SSSR count). The molecule has 5 nitrogen and oxygen atoms in total. The molecule has 0 unspecified atom stereocenters. The third-order valence-electron chi connectivity index (χ3n) is 3.25. The number of sulfonamides is 1. The van der Waals surface area contributed by atoms with Crippen LogP contribution in [0.25, 0.3) is 0 Å². The van der Waals surface area contributed by atoms with E-state index in [-0.39, 0.29) is 5.91 Å². The summed E-state index contributed by atoms with van der Waals surface area (Å²) in [5.41, 5.74) is 1.69. The van der Waals surface area contributed by atoms with Crippen molar-refractivity contribution in [3.8, 4) is 0 Å². The van der Waals surface area contributed by atoms with Crippen molar-refractivity contribution in [1.29, 1.82) is 0 Å². The fourth-order valence-electron chi connectivity index (χ4n) is 2.23. The maximum atomic E-state index is 12.4. The van der Waals surface area contributed by atoms with Crippen LogP contribution in [-0.4, -0.2) is 45.1 Å². The van der Waals surface area contributed by atoms with Crippen LogP contribution < -0.4 is 4.72 Å². The third kappa shape index (κ3) is 6.58. The molecule has 1 amide bonds. The van der Waals surface area contributed by atoms with Gasteiger partial charge in [-0.2, -0.15) is 0 Å².